The number of fused-ring (bicyclic) bond motifs is 1. The van der Waals surface area contributed by atoms with Crippen LogP contribution in [-0.2, 0) is 6.54 Å². The van der Waals surface area contributed by atoms with E-state index in [1.807, 2.05) is 0 Å². The molecule has 1 fully saturated rings. The molecule has 104 valence electrons. The van der Waals surface area contributed by atoms with Gasteiger partial charge in [-0.3, -0.25) is 4.40 Å². The number of aryl methyl sites for hydroxylation is 2. The lowest BCUT2D eigenvalue weighted by atomic mass is 9.86. The molecule has 4 heteroatoms. The Kier molecular flexibility index (Phi) is 3.63. The van der Waals surface area contributed by atoms with E-state index >= 15 is 0 Å². The van der Waals surface area contributed by atoms with Gasteiger partial charge in [-0.15, -0.1) is 11.3 Å². The molecule has 0 bridgehead atoms. The predicted molar refractivity (Wildman–Crippen MR) is 80.8 cm³/mol. The van der Waals surface area contributed by atoms with Crippen LogP contribution in [0.15, 0.2) is 5.38 Å². The van der Waals surface area contributed by atoms with Crippen molar-refractivity contribution in [3.8, 4) is 0 Å². The maximum Gasteiger partial charge on any atom is 0.194 e. The quantitative estimate of drug-likeness (QED) is 0.927. The van der Waals surface area contributed by atoms with E-state index in [1.165, 1.54) is 42.8 Å². The Balaban J connectivity index is 1.77. The Morgan fingerprint density at radius 3 is 2.95 bits per heavy atom. The van der Waals surface area contributed by atoms with Crippen LogP contribution in [0.1, 0.15) is 49.7 Å². The largest absolute Gasteiger partial charge is 0.308 e. The molecule has 2 heterocycles. The highest BCUT2D eigenvalue weighted by atomic mass is 32.1. The van der Waals surface area contributed by atoms with Gasteiger partial charge in [0.2, 0.25) is 0 Å². The molecule has 0 aromatic carbocycles. The molecule has 0 spiro atoms. The van der Waals surface area contributed by atoms with E-state index in [2.05, 4.69) is 40.9 Å². The van der Waals surface area contributed by atoms with Crippen LogP contribution in [0.5, 0.6) is 0 Å². The molecule has 0 radical (unpaired) electrons. The van der Waals surface area contributed by atoms with Crippen molar-refractivity contribution in [2.45, 2.75) is 59.0 Å². The summed E-state index contributed by atoms with van der Waals surface area (Å²) in [5.41, 5.74) is 3.81. The highest BCUT2D eigenvalue weighted by molar-refractivity contribution is 7.15. The van der Waals surface area contributed by atoms with E-state index in [1.54, 1.807) is 11.3 Å². The van der Waals surface area contributed by atoms with Gasteiger partial charge >= 0.3 is 0 Å². The van der Waals surface area contributed by atoms with Gasteiger partial charge in [0.15, 0.2) is 4.96 Å². The van der Waals surface area contributed by atoms with Crippen LogP contribution in [0.2, 0.25) is 0 Å². The zero-order valence-corrected chi connectivity index (χ0v) is 12.9. The summed E-state index contributed by atoms with van der Waals surface area (Å²) in [6.45, 7) is 7.61. The molecule has 1 N–H and O–H groups in total. The van der Waals surface area contributed by atoms with Crippen molar-refractivity contribution in [1.82, 2.24) is 14.7 Å². The Bertz CT molecular complexity index is 569. The van der Waals surface area contributed by atoms with Gasteiger partial charge in [-0.1, -0.05) is 19.8 Å². The van der Waals surface area contributed by atoms with Gasteiger partial charge in [-0.25, -0.2) is 4.98 Å². The lowest BCUT2D eigenvalue weighted by molar-refractivity contribution is 0.278. The molecule has 2 aromatic rings. The van der Waals surface area contributed by atoms with E-state index in [0.29, 0.717) is 6.04 Å². The average molecular weight is 277 g/mol. The number of hydrogen-bond donors (Lipinski definition) is 1. The van der Waals surface area contributed by atoms with Crippen LogP contribution in [-0.4, -0.2) is 15.4 Å². The topological polar surface area (TPSA) is 29.3 Å². The van der Waals surface area contributed by atoms with Crippen LogP contribution in [0.4, 0.5) is 0 Å². The normalized spacial score (nSPS) is 24.2. The summed E-state index contributed by atoms with van der Waals surface area (Å²) in [5, 5.41) is 5.96. The van der Waals surface area contributed by atoms with Crippen molar-refractivity contribution in [2.24, 2.45) is 5.92 Å². The van der Waals surface area contributed by atoms with Crippen molar-refractivity contribution in [3.05, 3.63) is 22.5 Å². The van der Waals surface area contributed by atoms with Gasteiger partial charge in [0.25, 0.3) is 0 Å². The first-order valence-corrected chi connectivity index (χ1v) is 8.20. The van der Waals surface area contributed by atoms with Crippen LogP contribution < -0.4 is 5.32 Å². The maximum absolute atomic E-state index is 4.66. The molecule has 19 heavy (non-hydrogen) atoms. The number of hydrogen-bond acceptors (Lipinski definition) is 3. The molecular weight excluding hydrogens is 254 g/mol. The fraction of sp³-hybridized carbons (Fsp3) is 0.667. The highest BCUT2D eigenvalue weighted by Crippen LogP contribution is 2.25. The zero-order chi connectivity index (χ0) is 13.4. The van der Waals surface area contributed by atoms with Gasteiger partial charge < -0.3 is 5.32 Å². The molecule has 0 aliphatic heterocycles. The van der Waals surface area contributed by atoms with Crippen LogP contribution in [0.3, 0.4) is 0 Å². The molecule has 2 aromatic heterocycles. The molecule has 0 amide bonds. The minimum atomic E-state index is 0.678. The van der Waals surface area contributed by atoms with E-state index in [-0.39, 0.29) is 0 Å². The van der Waals surface area contributed by atoms with Crippen molar-refractivity contribution in [2.75, 3.05) is 0 Å². The standard InChI is InChI=1S/C15H23N3S/c1-10-6-4-5-7-13(10)16-8-14-12(3)17-15-18(14)11(2)9-19-15/h9-10,13,16H,4-8H2,1-3H3. The summed E-state index contributed by atoms with van der Waals surface area (Å²) in [6, 6.07) is 0.678. The number of aromatic nitrogens is 2. The van der Waals surface area contributed by atoms with Crippen molar-refractivity contribution < 1.29 is 0 Å². The number of imidazole rings is 1. The lowest BCUT2D eigenvalue weighted by Crippen LogP contribution is -2.37. The van der Waals surface area contributed by atoms with Crippen LogP contribution >= 0.6 is 11.3 Å². The molecule has 1 aliphatic carbocycles. The molecule has 3 nitrogen and oxygen atoms in total. The first-order chi connectivity index (χ1) is 9.16. The molecule has 0 saturated heterocycles. The van der Waals surface area contributed by atoms with Gasteiger partial charge in [0, 0.05) is 23.7 Å². The fourth-order valence-electron chi connectivity index (χ4n) is 3.22. The number of rotatable bonds is 3. The van der Waals surface area contributed by atoms with Gasteiger partial charge in [0.1, 0.15) is 0 Å². The summed E-state index contributed by atoms with van der Waals surface area (Å²) in [7, 11) is 0. The van der Waals surface area contributed by atoms with E-state index < -0.39 is 0 Å². The third kappa shape index (κ3) is 2.43. The minimum Gasteiger partial charge on any atom is -0.308 e. The van der Waals surface area contributed by atoms with Crippen molar-refractivity contribution in [1.29, 1.82) is 0 Å². The maximum atomic E-state index is 4.66. The number of nitrogens with zero attached hydrogens (tertiary/aromatic N) is 2. The summed E-state index contributed by atoms with van der Waals surface area (Å²) in [5.74, 6) is 0.807. The van der Waals surface area contributed by atoms with Crippen molar-refractivity contribution >= 4 is 16.3 Å². The molecule has 2 unspecified atom stereocenters. The zero-order valence-electron chi connectivity index (χ0n) is 12.1. The minimum absolute atomic E-state index is 0.678. The Morgan fingerprint density at radius 2 is 2.16 bits per heavy atom. The number of thiazole rings is 1. The second kappa shape index (κ2) is 5.25. The third-order valence-corrected chi connectivity index (χ3v) is 5.42. The SMILES string of the molecule is Cc1nc2scc(C)n2c1CNC1CCCCC1C. The van der Waals surface area contributed by atoms with Crippen molar-refractivity contribution in [3.63, 3.8) is 0 Å². The van der Waals surface area contributed by atoms with E-state index in [0.717, 1.165) is 17.4 Å². The third-order valence-electron chi connectivity index (χ3n) is 4.47. The fourth-order valence-corrected chi connectivity index (χ4v) is 4.15. The van der Waals surface area contributed by atoms with E-state index in [9.17, 15) is 0 Å². The van der Waals surface area contributed by atoms with Crippen LogP contribution in [0, 0.1) is 19.8 Å². The van der Waals surface area contributed by atoms with Gasteiger partial charge in [-0.2, -0.15) is 0 Å². The highest BCUT2D eigenvalue weighted by Gasteiger charge is 2.21. The van der Waals surface area contributed by atoms with Crippen LogP contribution in [0.25, 0.3) is 4.96 Å². The molecule has 1 aliphatic rings. The number of nitrogens with one attached hydrogen (secondary N) is 1. The smallest absolute Gasteiger partial charge is 0.194 e. The molecular formula is C15H23N3S. The second-order valence-corrected chi connectivity index (χ2v) is 6.72. The Morgan fingerprint density at radius 1 is 1.37 bits per heavy atom. The predicted octanol–water partition coefficient (Wildman–Crippen LogP) is 3.68. The summed E-state index contributed by atoms with van der Waals surface area (Å²) >= 11 is 1.73. The molecule has 1 saturated carbocycles. The second-order valence-electron chi connectivity index (χ2n) is 5.89. The van der Waals surface area contributed by atoms with Gasteiger partial charge in [-0.05, 0) is 32.6 Å². The first kappa shape index (κ1) is 13.1. The average Bonchev–Trinajstić information content (AvgIpc) is 2.89. The van der Waals surface area contributed by atoms with E-state index in [4.69, 9.17) is 0 Å². The monoisotopic (exact) mass is 277 g/mol. The first-order valence-electron chi connectivity index (χ1n) is 7.32. The molecule has 3 rings (SSSR count). The summed E-state index contributed by atoms with van der Waals surface area (Å²) < 4.78 is 2.31. The molecule has 2 atom stereocenters. The van der Waals surface area contributed by atoms with Gasteiger partial charge in [0.05, 0.1) is 11.4 Å². The Hall–Kier alpha value is -0.870. The lowest BCUT2D eigenvalue weighted by Gasteiger charge is -2.29. The summed E-state index contributed by atoms with van der Waals surface area (Å²) in [6.07, 6.45) is 5.47. The Labute approximate surface area is 119 Å². The summed E-state index contributed by atoms with van der Waals surface area (Å²) in [4.78, 5) is 5.79.